The number of likely N-dealkylation sites (tertiary alicyclic amines) is 1. The first-order valence-corrected chi connectivity index (χ1v) is 9.81. The largest absolute Gasteiger partial charge is 0.341 e. The van der Waals surface area contributed by atoms with Gasteiger partial charge in [-0.25, -0.2) is 20.4 Å². The molecule has 2 fully saturated rings. The highest BCUT2D eigenvalue weighted by Gasteiger charge is 2.45. The third-order valence-electron chi connectivity index (χ3n) is 6.11. The second-order valence-electron chi connectivity index (χ2n) is 8.02. The number of hydroxylamine groups is 1. The van der Waals surface area contributed by atoms with E-state index in [0.29, 0.717) is 11.4 Å². The Labute approximate surface area is 168 Å². The van der Waals surface area contributed by atoms with Crippen molar-refractivity contribution >= 4 is 17.5 Å². The van der Waals surface area contributed by atoms with E-state index in [-0.39, 0.29) is 5.56 Å². The van der Waals surface area contributed by atoms with Crippen molar-refractivity contribution < 1.29 is 10.0 Å². The van der Waals surface area contributed by atoms with E-state index < -0.39 is 5.91 Å². The van der Waals surface area contributed by atoms with Gasteiger partial charge in [0.15, 0.2) is 0 Å². The van der Waals surface area contributed by atoms with Crippen molar-refractivity contribution in [3.05, 3.63) is 54.2 Å². The molecule has 1 spiro atoms. The highest BCUT2D eigenvalue weighted by molar-refractivity contribution is 5.92. The quantitative estimate of drug-likeness (QED) is 0.510. The third kappa shape index (κ3) is 3.32. The van der Waals surface area contributed by atoms with Crippen molar-refractivity contribution in [3.8, 4) is 0 Å². The van der Waals surface area contributed by atoms with Crippen molar-refractivity contribution in [1.82, 2.24) is 29.7 Å². The zero-order valence-corrected chi connectivity index (χ0v) is 16.0. The van der Waals surface area contributed by atoms with Gasteiger partial charge in [0.1, 0.15) is 5.65 Å². The Morgan fingerprint density at radius 3 is 2.59 bits per heavy atom. The SMILES string of the molecule is O=C(NO)c1cnc(N2CCC3(CC2)CN(Cc2cnc4ccccn24)C3)nc1. The van der Waals surface area contributed by atoms with Crippen LogP contribution in [0.1, 0.15) is 28.9 Å². The molecule has 5 rings (SSSR count). The van der Waals surface area contributed by atoms with Gasteiger partial charge in [0.2, 0.25) is 5.95 Å². The van der Waals surface area contributed by atoms with Crippen LogP contribution in [0.4, 0.5) is 5.95 Å². The van der Waals surface area contributed by atoms with Crippen LogP contribution in [0.5, 0.6) is 0 Å². The van der Waals surface area contributed by atoms with Gasteiger partial charge in [-0.3, -0.25) is 14.9 Å². The summed E-state index contributed by atoms with van der Waals surface area (Å²) >= 11 is 0. The first-order chi connectivity index (χ1) is 14.2. The number of carbonyl (C=O) groups is 1. The molecular formula is C20H23N7O2. The molecule has 0 atom stereocenters. The van der Waals surface area contributed by atoms with Gasteiger partial charge in [0.05, 0.1) is 17.5 Å². The number of imidazole rings is 1. The molecule has 2 N–H and O–H groups in total. The predicted octanol–water partition coefficient (Wildman–Crippen LogP) is 1.35. The zero-order chi connectivity index (χ0) is 19.8. The lowest BCUT2D eigenvalue weighted by molar-refractivity contribution is -0.0250. The van der Waals surface area contributed by atoms with Crippen LogP contribution in [-0.2, 0) is 6.54 Å². The molecule has 2 aliphatic rings. The summed E-state index contributed by atoms with van der Waals surface area (Å²) < 4.78 is 2.16. The molecule has 9 heteroatoms. The summed E-state index contributed by atoms with van der Waals surface area (Å²) in [6.45, 7) is 4.97. The maximum absolute atomic E-state index is 11.4. The predicted molar refractivity (Wildman–Crippen MR) is 106 cm³/mol. The molecule has 150 valence electrons. The van der Waals surface area contributed by atoms with Gasteiger partial charge in [-0.2, -0.15) is 0 Å². The van der Waals surface area contributed by atoms with Crippen LogP contribution >= 0.6 is 0 Å². The van der Waals surface area contributed by atoms with E-state index in [9.17, 15) is 4.79 Å². The number of fused-ring (bicyclic) bond motifs is 1. The summed E-state index contributed by atoms with van der Waals surface area (Å²) in [6, 6.07) is 6.08. The minimum Gasteiger partial charge on any atom is -0.341 e. The van der Waals surface area contributed by atoms with E-state index >= 15 is 0 Å². The average Bonchev–Trinajstić information content (AvgIpc) is 3.16. The fourth-order valence-electron chi connectivity index (χ4n) is 4.51. The Kier molecular flexibility index (Phi) is 4.40. The lowest BCUT2D eigenvalue weighted by atomic mass is 9.72. The molecule has 0 aliphatic carbocycles. The van der Waals surface area contributed by atoms with Gasteiger partial charge in [-0.05, 0) is 30.4 Å². The summed E-state index contributed by atoms with van der Waals surface area (Å²) in [5.74, 6) is 0.0333. The van der Waals surface area contributed by atoms with Crippen LogP contribution in [0, 0.1) is 5.41 Å². The number of hydrogen-bond donors (Lipinski definition) is 2. The summed E-state index contributed by atoms with van der Waals surface area (Å²) in [7, 11) is 0. The molecular weight excluding hydrogens is 370 g/mol. The van der Waals surface area contributed by atoms with Crippen LogP contribution in [0.3, 0.4) is 0 Å². The van der Waals surface area contributed by atoms with Gasteiger partial charge < -0.3 is 9.30 Å². The van der Waals surface area contributed by atoms with Crippen LogP contribution in [0.2, 0.25) is 0 Å². The van der Waals surface area contributed by atoms with Gasteiger partial charge in [0, 0.05) is 51.3 Å². The van der Waals surface area contributed by atoms with Crippen LogP contribution in [0.25, 0.3) is 5.65 Å². The van der Waals surface area contributed by atoms with Gasteiger partial charge in [-0.1, -0.05) is 6.07 Å². The number of nitrogens with zero attached hydrogens (tertiary/aromatic N) is 6. The summed E-state index contributed by atoms with van der Waals surface area (Å²) in [5.41, 5.74) is 4.44. The zero-order valence-electron chi connectivity index (χ0n) is 16.0. The number of carbonyl (C=O) groups excluding carboxylic acids is 1. The number of piperidine rings is 1. The minimum atomic E-state index is -0.602. The molecule has 0 bridgehead atoms. The van der Waals surface area contributed by atoms with E-state index in [1.54, 1.807) is 5.48 Å². The minimum absolute atomic E-state index is 0.242. The monoisotopic (exact) mass is 393 g/mol. The second-order valence-corrected chi connectivity index (χ2v) is 8.02. The number of aromatic nitrogens is 4. The lowest BCUT2D eigenvalue weighted by Gasteiger charge is -2.54. The third-order valence-corrected chi connectivity index (χ3v) is 6.11. The van der Waals surface area contributed by atoms with Gasteiger partial charge in [-0.15, -0.1) is 0 Å². The van der Waals surface area contributed by atoms with Crippen molar-refractivity contribution in [2.24, 2.45) is 5.41 Å². The Bertz CT molecular complexity index is 1020. The summed E-state index contributed by atoms with van der Waals surface area (Å²) in [5, 5.41) is 8.68. The topological polar surface area (TPSA) is 98.9 Å². The molecule has 1 amide bonds. The molecule has 3 aromatic heterocycles. The molecule has 3 aromatic rings. The number of nitrogens with one attached hydrogen (secondary N) is 1. The number of pyridine rings is 1. The Balaban J connectivity index is 1.16. The second kappa shape index (κ2) is 7.09. The lowest BCUT2D eigenvalue weighted by Crippen LogP contribution is -2.60. The molecule has 9 nitrogen and oxygen atoms in total. The summed E-state index contributed by atoms with van der Waals surface area (Å²) in [4.78, 5) is 29.1. The molecule has 0 saturated carbocycles. The van der Waals surface area contributed by atoms with Gasteiger partial charge >= 0.3 is 0 Å². The van der Waals surface area contributed by atoms with E-state index in [1.807, 2.05) is 24.4 Å². The molecule has 2 aliphatic heterocycles. The van der Waals surface area contributed by atoms with E-state index in [2.05, 4.69) is 35.3 Å². The number of hydrogen-bond acceptors (Lipinski definition) is 7. The standard InChI is InChI=1S/C20H23N7O2/c28-18(24-29)15-9-22-19(23-10-15)26-7-4-20(5-8-26)13-25(14-20)12-16-11-21-17-3-1-2-6-27(16)17/h1-3,6,9-11,29H,4-5,7-8,12-14H2,(H,24,28). The maximum Gasteiger partial charge on any atom is 0.277 e. The van der Waals surface area contributed by atoms with Crippen LogP contribution in [0.15, 0.2) is 43.0 Å². The first kappa shape index (κ1) is 18.0. The fourth-order valence-corrected chi connectivity index (χ4v) is 4.51. The van der Waals surface area contributed by atoms with Crippen molar-refractivity contribution in [2.45, 2.75) is 19.4 Å². The van der Waals surface area contributed by atoms with E-state index in [1.165, 1.54) is 18.1 Å². The molecule has 0 radical (unpaired) electrons. The molecule has 0 unspecified atom stereocenters. The van der Waals surface area contributed by atoms with Crippen molar-refractivity contribution in [3.63, 3.8) is 0 Å². The van der Waals surface area contributed by atoms with Crippen LogP contribution in [-0.4, -0.2) is 61.5 Å². The van der Waals surface area contributed by atoms with Crippen molar-refractivity contribution in [1.29, 1.82) is 0 Å². The Morgan fingerprint density at radius 1 is 1.10 bits per heavy atom. The number of anilines is 1. The van der Waals surface area contributed by atoms with Crippen LogP contribution < -0.4 is 10.4 Å². The molecule has 0 aromatic carbocycles. The van der Waals surface area contributed by atoms with E-state index in [4.69, 9.17) is 5.21 Å². The number of amides is 1. The first-order valence-electron chi connectivity index (χ1n) is 9.81. The van der Waals surface area contributed by atoms with Crippen molar-refractivity contribution in [2.75, 3.05) is 31.1 Å². The molecule has 5 heterocycles. The fraction of sp³-hybridized carbons (Fsp3) is 0.400. The van der Waals surface area contributed by atoms with Gasteiger partial charge in [0.25, 0.3) is 5.91 Å². The molecule has 29 heavy (non-hydrogen) atoms. The number of rotatable bonds is 4. The normalized spacial score (nSPS) is 18.7. The summed E-state index contributed by atoms with van der Waals surface area (Å²) in [6.07, 6.45) is 9.15. The Hall–Kier alpha value is -3.04. The Morgan fingerprint density at radius 2 is 1.86 bits per heavy atom. The smallest absolute Gasteiger partial charge is 0.277 e. The maximum atomic E-state index is 11.4. The average molecular weight is 393 g/mol. The molecule has 2 saturated heterocycles. The van der Waals surface area contributed by atoms with E-state index in [0.717, 1.165) is 51.2 Å². The highest BCUT2D eigenvalue weighted by atomic mass is 16.5. The highest BCUT2D eigenvalue weighted by Crippen LogP contribution is 2.41.